The van der Waals surface area contributed by atoms with Crippen molar-refractivity contribution in [1.82, 2.24) is 15.0 Å². The summed E-state index contributed by atoms with van der Waals surface area (Å²) in [5, 5.41) is 3.91. The highest BCUT2D eigenvalue weighted by atomic mass is 16.5. The molecule has 2 atom stereocenters. The molecule has 1 saturated carbocycles. The van der Waals surface area contributed by atoms with Crippen molar-refractivity contribution in [2.45, 2.75) is 58.4 Å². The second-order valence-corrected chi connectivity index (χ2v) is 7.07. The van der Waals surface area contributed by atoms with E-state index in [4.69, 9.17) is 8.94 Å². The van der Waals surface area contributed by atoms with Crippen LogP contribution in [0.5, 0.6) is 0 Å². The molecule has 1 aliphatic rings. The number of furan rings is 1. The van der Waals surface area contributed by atoms with Gasteiger partial charge >= 0.3 is 0 Å². The van der Waals surface area contributed by atoms with Gasteiger partial charge in [-0.1, -0.05) is 25.9 Å². The van der Waals surface area contributed by atoms with E-state index in [9.17, 15) is 4.79 Å². The van der Waals surface area contributed by atoms with Crippen molar-refractivity contribution in [3.63, 3.8) is 0 Å². The molecule has 2 heterocycles. The second-order valence-electron chi connectivity index (χ2n) is 7.07. The zero-order valence-electron chi connectivity index (χ0n) is 14.8. The molecule has 1 fully saturated rings. The Balaban J connectivity index is 1.48. The van der Waals surface area contributed by atoms with Crippen LogP contribution in [0.4, 0.5) is 0 Å². The molecule has 0 aliphatic heterocycles. The van der Waals surface area contributed by atoms with Crippen molar-refractivity contribution in [3.8, 4) is 0 Å². The maximum absolute atomic E-state index is 12.3. The maximum Gasteiger partial charge on any atom is 0.227 e. The molecular formula is C18H25N3O3. The van der Waals surface area contributed by atoms with Gasteiger partial charge in [0.15, 0.2) is 5.82 Å². The van der Waals surface area contributed by atoms with Gasteiger partial charge in [-0.3, -0.25) is 4.79 Å². The van der Waals surface area contributed by atoms with Gasteiger partial charge in [-0.2, -0.15) is 4.98 Å². The van der Waals surface area contributed by atoms with E-state index in [-0.39, 0.29) is 11.8 Å². The van der Waals surface area contributed by atoms with Crippen LogP contribution in [-0.4, -0.2) is 28.0 Å². The molecular weight excluding hydrogens is 306 g/mol. The SMILES string of the molecule is CC(C)c1noc(CCC(=O)N(C)Cc2ccc([C@H]3C[C@@H]3C)o2)n1. The van der Waals surface area contributed by atoms with Crippen LogP contribution in [0.15, 0.2) is 21.1 Å². The molecule has 1 aliphatic carbocycles. The first-order chi connectivity index (χ1) is 11.4. The van der Waals surface area contributed by atoms with Crippen LogP contribution in [0, 0.1) is 5.92 Å². The molecule has 0 bridgehead atoms. The molecule has 0 N–H and O–H groups in total. The van der Waals surface area contributed by atoms with Crippen LogP contribution in [0.1, 0.15) is 68.7 Å². The third kappa shape index (κ3) is 3.86. The Kier molecular flexibility index (Phi) is 4.73. The van der Waals surface area contributed by atoms with Gasteiger partial charge in [0.25, 0.3) is 0 Å². The van der Waals surface area contributed by atoms with Gasteiger partial charge < -0.3 is 13.8 Å². The van der Waals surface area contributed by atoms with E-state index in [0.717, 1.165) is 11.5 Å². The van der Waals surface area contributed by atoms with Crippen molar-refractivity contribution in [2.75, 3.05) is 7.05 Å². The summed E-state index contributed by atoms with van der Waals surface area (Å²) in [6.07, 6.45) is 2.01. The smallest absolute Gasteiger partial charge is 0.227 e. The summed E-state index contributed by atoms with van der Waals surface area (Å²) in [7, 11) is 1.79. The fourth-order valence-electron chi connectivity index (χ4n) is 2.73. The normalized spacial score (nSPS) is 19.7. The third-order valence-electron chi connectivity index (χ3n) is 4.53. The summed E-state index contributed by atoms with van der Waals surface area (Å²) in [5.41, 5.74) is 0. The molecule has 6 heteroatoms. The highest BCUT2D eigenvalue weighted by Gasteiger charge is 2.36. The van der Waals surface area contributed by atoms with E-state index >= 15 is 0 Å². The topological polar surface area (TPSA) is 72.4 Å². The van der Waals surface area contributed by atoms with Crippen LogP contribution >= 0.6 is 0 Å². The van der Waals surface area contributed by atoms with Crippen LogP contribution in [-0.2, 0) is 17.8 Å². The molecule has 0 unspecified atom stereocenters. The fraction of sp³-hybridized carbons (Fsp3) is 0.611. The molecule has 2 aromatic rings. The van der Waals surface area contributed by atoms with E-state index in [1.165, 1.54) is 6.42 Å². The van der Waals surface area contributed by atoms with Crippen LogP contribution in [0.3, 0.4) is 0 Å². The average Bonchev–Trinajstić information content (AvgIpc) is 2.96. The summed E-state index contributed by atoms with van der Waals surface area (Å²) < 4.78 is 11.0. The van der Waals surface area contributed by atoms with Crippen molar-refractivity contribution < 1.29 is 13.7 Å². The monoisotopic (exact) mass is 331 g/mol. The van der Waals surface area contributed by atoms with Crippen LogP contribution < -0.4 is 0 Å². The lowest BCUT2D eigenvalue weighted by Crippen LogP contribution is -2.26. The molecule has 0 spiro atoms. The Morgan fingerprint density at radius 2 is 2.17 bits per heavy atom. The van der Waals surface area contributed by atoms with E-state index in [2.05, 4.69) is 17.1 Å². The molecule has 6 nitrogen and oxygen atoms in total. The minimum Gasteiger partial charge on any atom is -0.464 e. The largest absolute Gasteiger partial charge is 0.464 e. The van der Waals surface area contributed by atoms with Crippen molar-refractivity contribution in [2.24, 2.45) is 5.92 Å². The van der Waals surface area contributed by atoms with Gasteiger partial charge in [0.1, 0.15) is 11.5 Å². The third-order valence-corrected chi connectivity index (χ3v) is 4.53. The first-order valence-corrected chi connectivity index (χ1v) is 8.59. The van der Waals surface area contributed by atoms with Crippen molar-refractivity contribution >= 4 is 5.91 Å². The van der Waals surface area contributed by atoms with Gasteiger partial charge in [-0.05, 0) is 24.5 Å². The summed E-state index contributed by atoms with van der Waals surface area (Å²) >= 11 is 0. The first-order valence-electron chi connectivity index (χ1n) is 8.59. The van der Waals surface area contributed by atoms with Crippen LogP contribution in [0.25, 0.3) is 0 Å². The molecule has 0 saturated heterocycles. The van der Waals surface area contributed by atoms with Gasteiger partial charge in [0, 0.05) is 31.7 Å². The van der Waals surface area contributed by atoms with Crippen molar-refractivity contribution in [3.05, 3.63) is 35.4 Å². The second kappa shape index (κ2) is 6.79. The van der Waals surface area contributed by atoms with E-state index in [0.29, 0.717) is 42.9 Å². The molecule has 3 rings (SSSR count). The lowest BCUT2D eigenvalue weighted by Gasteiger charge is -2.15. The summed E-state index contributed by atoms with van der Waals surface area (Å²) in [4.78, 5) is 18.2. The molecule has 1 amide bonds. The number of carbonyl (C=O) groups is 1. The Morgan fingerprint density at radius 1 is 1.42 bits per heavy atom. The number of nitrogens with zero attached hydrogens (tertiary/aromatic N) is 3. The summed E-state index contributed by atoms with van der Waals surface area (Å²) in [6.45, 7) is 6.73. The molecule has 0 radical (unpaired) electrons. The number of carbonyl (C=O) groups excluding carboxylic acids is 1. The zero-order chi connectivity index (χ0) is 17.3. The number of hydrogen-bond acceptors (Lipinski definition) is 5. The molecule has 2 aromatic heterocycles. The summed E-state index contributed by atoms with van der Waals surface area (Å²) in [6, 6.07) is 4.00. The molecule has 130 valence electrons. The van der Waals surface area contributed by atoms with Crippen LogP contribution in [0.2, 0.25) is 0 Å². The standard InChI is InChI=1S/C18H25N3O3/c1-11(2)18-19-16(24-20-18)7-8-17(22)21(4)10-13-5-6-15(23-13)14-9-12(14)3/h5-6,11-12,14H,7-10H2,1-4H3/t12-,14-/m0/s1. The minimum atomic E-state index is 0.0389. The number of aryl methyl sites for hydroxylation is 1. The molecule has 24 heavy (non-hydrogen) atoms. The zero-order valence-corrected chi connectivity index (χ0v) is 14.8. The Labute approximate surface area is 142 Å². The number of aromatic nitrogens is 2. The highest BCUT2D eigenvalue weighted by Crippen LogP contribution is 2.47. The predicted molar refractivity (Wildman–Crippen MR) is 88.4 cm³/mol. The average molecular weight is 331 g/mol. The fourth-order valence-corrected chi connectivity index (χ4v) is 2.73. The Hall–Kier alpha value is -2.11. The van der Waals surface area contributed by atoms with E-state index < -0.39 is 0 Å². The maximum atomic E-state index is 12.3. The highest BCUT2D eigenvalue weighted by molar-refractivity contribution is 5.75. The number of rotatable bonds is 7. The number of hydrogen-bond donors (Lipinski definition) is 0. The van der Waals surface area contributed by atoms with Gasteiger partial charge in [-0.25, -0.2) is 0 Å². The minimum absolute atomic E-state index is 0.0389. The molecule has 0 aromatic carbocycles. The number of amides is 1. The lowest BCUT2D eigenvalue weighted by atomic mass is 10.2. The van der Waals surface area contributed by atoms with Gasteiger partial charge in [-0.15, -0.1) is 0 Å². The lowest BCUT2D eigenvalue weighted by molar-refractivity contribution is -0.130. The van der Waals surface area contributed by atoms with E-state index in [1.807, 2.05) is 26.0 Å². The van der Waals surface area contributed by atoms with E-state index in [1.54, 1.807) is 11.9 Å². The van der Waals surface area contributed by atoms with Crippen molar-refractivity contribution in [1.29, 1.82) is 0 Å². The van der Waals surface area contributed by atoms with Gasteiger partial charge in [0.2, 0.25) is 11.8 Å². The Bertz CT molecular complexity index is 704. The quantitative estimate of drug-likeness (QED) is 0.776. The first kappa shape index (κ1) is 16.7. The predicted octanol–water partition coefficient (Wildman–Crippen LogP) is 3.50. The van der Waals surface area contributed by atoms with Gasteiger partial charge in [0.05, 0.1) is 6.54 Å². The summed E-state index contributed by atoms with van der Waals surface area (Å²) in [5.74, 6) is 4.62. The Morgan fingerprint density at radius 3 is 2.79 bits per heavy atom.